The number of carbonyl (C=O) groups excluding carboxylic acids is 1. The van der Waals surface area contributed by atoms with E-state index in [1.165, 1.54) is 25.3 Å². The van der Waals surface area contributed by atoms with Crippen LogP contribution in [0.25, 0.3) is 32.9 Å². The van der Waals surface area contributed by atoms with Crippen LogP contribution in [0.4, 0.5) is 28.2 Å². The van der Waals surface area contributed by atoms with Gasteiger partial charge in [0.2, 0.25) is 0 Å². The first-order valence-electron chi connectivity index (χ1n) is 18.1. The summed E-state index contributed by atoms with van der Waals surface area (Å²) >= 11 is 6.48. The van der Waals surface area contributed by atoms with Crippen molar-refractivity contribution in [2.24, 2.45) is 0 Å². The Kier molecular flexibility index (Phi) is 9.41. The van der Waals surface area contributed by atoms with Crippen LogP contribution < -0.4 is 14.4 Å². The second kappa shape index (κ2) is 13.8. The molecule has 4 atom stereocenters. The number of carbonyl (C=O) groups is 1. The summed E-state index contributed by atoms with van der Waals surface area (Å²) in [5.74, 6) is -2.76. The van der Waals surface area contributed by atoms with Gasteiger partial charge in [-0.15, -0.1) is 0 Å². The number of piperazine rings is 1. The summed E-state index contributed by atoms with van der Waals surface area (Å²) in [6.07, 6.45) is 1.88. The first-order valence-corrected chi connectivity index (χ1v) is 18.5. The third-order valence-electron chi connectivity index (χ3n) is 10.9. The topological polar surface area (TPSA) is 102 Å². The number of benzene rings is 2. The maximum atomic E-state index is 16.4. The molecule has 4 aromatic rings. The quantitative estimate of drug-likeness (QED) is 0.102. The number of hydrogen-bond acceptors (Lipinski definition) is 10. The molecule has 0 saturated carbocycles. The molecule has 4 saturated heterocycles. The zero-order chi connectivity index (χ0) is 38.1. The van der Waals surface area contributed by atoms with E-state index in [2.05, 4.69) is 14.9 Å². The Morgan fingerprint density at radius 2 is 1.76 bits per heavy atom. The highest BCUT2D eigenvalue weighted by Gasteiger charge is 2.50. The van der Waals surface area contributed by atoms with Crippen molar-refractivity contribution in [2.75, 3.05) is 51.6 Å². The predicted octanol–water partition coefficient (Wildman–Crippen LogP) is 7.44. The number of pyridine rings is 1. The molecular formula is C38H41ClF4N6O5. The maximum absolute atomic E-state index is 16.4. The molecule has 4 fully saturated rings. The average Bonchev–Trinajstić information content (AvgIpc) is 3.74. The van der Waals surface area contributed by atoms with Gasteiger partial charge < -0.3 is 23.8 Å². The van der Waals surface area contributed by atoms with Gasteiger partial charge in [0.05, 0.1) is 28.7 Å². The van der Waals surface area contributed by atoms with Crippen molar-refractivity contribution in [1.82, 2.24) is 24.8 Å². The van der Waals surface area contributed by atoms with Crippen LogP contribution >= 0.6 is 11.6 Å². The lowest BCUT2D eigenvalue weighted by Gasteiger charge is -2.42. The van der Waals surface area contributed by atoms with Crippen molar-refractivity contribution < 1.29 is 41.3 Å². The molecule has 0 spiro atoms. The van der Waals surface area contributed by atoms with E-state index in [4.69, 9.17) is 35.5 Å². The number of alkyl halides is 1. The van der Waals surface area contributed by atoms with Crippen molar-refractivity contribution in [3.63, 3.8) is 0 Å². The van der Waals surface area contributed by atoms with Crippen molar-refractivity contribution >= 4 is 45.2 Å². The summed E-state index contributed by atoms with van der Waals surface area (Å²) < 4.78 is 84.6. The minimum atomic E-state index is -1.15. The Morgan fingerprint density at radius 3 is 2.48 bits per heavy atom. The third kappa shape index (κ3) is 6.51. The van der Waals surface area contributed by atoms with Crippen LogP contribution in [0.15, 0.2) is 24.3 Å². The van der Waals surface area contributed by atoms with Crippen molar-refractivity contribution in [3.05, 3.63) is 46.9 Å². The summed E-state index contributed by atoms with van der Waals surface area (Å²) in [6, 6.07) is 4.69. The highest BCUT2D eigenvalue weighted by molar-refractivity contribution is 6.30. The molecule has 6 heterocycles. The number of nitrogens with zero attached hydrogens (tertiary/aromatic N) is 6. The van der Waals surface area contributed by atoms with Gasteiger partial charge in [0.25, 0.3) is 0 Å². The van der Waals surface area contributed by atoms with Crippen LogP contribution in [0, 0.1) is 17.5 Å². The Bertz CT molecular complexity index is 2130. The number of methoxy groups -OCH3 is 1. The lowest BCUT2D eigenvalue weighted by atomic mass is 9.95. The molecule has 4 aliphatic heterocycles. The van der Waals surface area contributed by atoms with Crippen LogP contribution in [0.1, 0.15) is 52.9 Å². The van der Waals surface area contributed by atoms with Crippen LogP contribution in [-0.2, 0) is 9.47 Å². The summed E-state index contributed by atoms with van der Waals surface area (Å²) in [4.78, 5) is 32.9. The van der Waals surface area contributed by atoms with E-state index in [0.717, 1.165) is 25.5 Å². The number of amides is 1. The molecule has 2 aromatic carbocycles. The number of ether oxygens (including phenoxy) is 4. The molecule has 16 heteroatoms. The largest absolute Gasteiger partial charge is 0.468 e. The van der Waals surface area contributed by atoms with E-state index in [1.807, 2.05) is 25.7 Å². The second-order valence-corrected chi connectivity index (χ2v) is 16.0. The summed E-state index contributed by atoms with van der Waals surface area (Å²) in [5, 5.41) is -0.344. The molecule has 4 aliphatic rings. The molecule has 0 unspecified atom stereocenters. The highest BCUT2D eigenvalue weighted by Crippen LogP contribution is 2.45. The van der Waals surface area contributed by atoms with Gasteiger partial charge in [-0.25, -0.2) is 27.3 Å². The Balaban J connectivity index is 1.30. The molecule has 0 N–H and O–H groups in total. The molecule has 288 valence electrons. The van der Waals surface area contributed by atoms with E-state index >= 15 is 8.78 Å². The van der Waals surface area contributed by atoms with Crippen LogP contribution in [0.2, 0.25) is 5.15 Å². The van der Waals surface area contributed by atoms with Gasteiger partial charge in [0.15, 0.2) is 29.4 Å². The number of rotatable bonds is 8. The van der Waals surface area contributed by atoms with Gasteiger partial charge in [0, 0.05) is 44.1 Å². The van der Waals surface area contributed by atoms with E-state index in [0.29, 0.717) is 25.8 Å². The monoisotopic (exact) mass is 772 g/mol. The van der Waals surface area contributed by atoms with Gasteiger partial charge in [-0.3, -0.25) is 9.80 Å². The van der Waals surface area contributed by atoms with Crippen LogP contribution in [0.3, 0.4) is 0 Å². The minimum absolute atomic E-state index is 0.0196. The van der Waals surface area contributed by atoms with E-state index in [-0.39, 0.29) is 89.1 Å². The molecule has 0 radical (unpaired) electrons. The first-order chi connectivity index (χ1) is 25.7. The lowest BCUT2D eigenvalue weighted by Crippen LogP contribution is -2.57. The second-order valence-electron chi connectivity index (χ2n) is 15.6. The minimum Gasteiger partial charge on any atom is -0.468 e. The van der Waals surface area contributed by atoms with Crippen LogP contribution in [0.5, 0.6) is 11.8 Å². The fraction of sp³-hybridized carbons (Fsp3) is 0.526. The summed E-state index contributed by atoms with van der Waals surface area (Å²) in [5.41, 5.74) is -1.46. The van der Waals surface area contributed by atoms with Crippen molar-refractivity contribution in [3.8, 4) is 23.0 Å². The molecule has 2 bridgehead atoms. The number of halogens is 5. The number of hydrogen-bond donors (Lipinski definition) is 0. The fourth-order valence-electron chi connectivity index (χ4n) is 8.70. The molecule has 11 nitrogen and oxygen atoms in total. The van der Waals surface area contributed by atoms with E-state index in [1.54, 1.807) is 4.90 Å². The number of anilines is 1. The Hall–Kier alpha value is -4.21. The third-order valence-corrected chi connectivity index (χ3v) is 11.2. The summed E-state index contributed by atoms with van der Waals surface area (Å²) in [6.45, 7) is 6.99. The number of aromatic nitrogens is 3. The zero-order valence-electron chi connectivity index (χ0n) is 30.4. The van der Waals surface area contributed by atoms with Gasteiger partial charge >= 0.3 is 12.1 Å². The smallest absolute Gasteiger partial charge is 0.410 e. The molecule has 2 aromatic heterocycles. The standard InChI is InChI=1S/C38H41ClF4N6O5/c1-37(2,3)54-36(50)49-22-7-8-23(49)17-47(16-22)34-28-31(25-13-24(53-19-51-4)12-20-6-9-26(41)29(42)27(20)25)44-33(39)30(43)32(28)45-35(46-34)52-18-38-10-5-11-48(38)15-21(40)14-38/h6,9,12-13,21-23H,5,7-8,10-11,14-19H2,1-4H3/t21-,22-,23+,38+/m1/s1. The zero-order valence-corrected chi connectivity index (χ0v) is 31.2. The predicted molar refractivity (Wildman–Crippen MR) is 193 cm³/mol. The van der Waals surface area contributed by atoms with E-state index in [9.17, 15) is 13.6 Å². The van der Waals surface area contributed by atoms with Gasteiger partial charge in [0.1, 0.15) is 35.5 Å². The highest BCUT2D eigenvalue weighted by atomic mass is 35.5. The molecule has 54 heavy (non-hydrogen) atoms. The molecule has 8 rings (SSSR count). The lowest BCUT2D eigenvalue weighted by molar-refractivity contribution is 0.0122. The summed E-state index contributed by atoms with van der Waals surface area (Å²) in [7, 11) is 1.44. The maximum Gasteiger partial charge on any atom is 0.410 e. The van der Waals surface area contributed by atoms with E-state index < -0.39 is 46.0 Å². The fourth-order valence-corrected chi connectivity index (χ4v) is 8.87. The normalized spacial score (nSPS) is 24.1. The first kappa shape index (κ1) is 36.8. The van der Waals surface area contributed by atoms with Gasteiger partial charge in [-0.2, -0.15) is 9.97 Å². The number of fused-ring (bicyclic) bond motifs is 5. The molecule has 1 amide bonds. The van der Waals surface area contributed by atoms with Crippen molar-refractivity contribution in [1.29, 1.82) is 0 Å². The van der Waals surface area contributed by atoms with Gasteiger partial charge in [-0.1, -0.05) is 17.7 Å². The SMILES string of the molecule is COCOc1cc(-c2nc(Cl)c(F)c3nc(OC[C@@]45CCCN4C[C@H](F)C5)nc(N4C[C@H]5CC[C@@H](C4)N5C(=O)OC(C)(C)C)c23)c2c(F)c(F)ccc2c1. The molecular weight excluding hydrogens is 732 g/mol. The Morgan fingerprint density at radius 1 is 1.00 bits per heavy atom. The average molecular weight is 773 g/mol. The van der Waals surface area contributed by atoms with Gasteiger partial charge in [-0.05, 0) is 76.6 Å². The van der Waals surface area contributed by atoms with Crippen molar-refractivity contribution in [2.45, 2.75) is 82.3 Å². The van der Waals surface area contributed by atoms with Crippen LogP contribution in [-0.4, -0.2) is 107 Å². The Labute approximate surface area is 314 Å². The molecule has 0 aliphatic carbocycles.